The molecular formula is C14H9ClN4. The van der Waals surface area contributed by atoms with Gasteiger partial charge in [0.25, 0.3) is 0 Å². The summed E-state index contributed by atoms with van der Waals surface area (Å²) in [5.74, 6) is 0.675. The van der Waals surface area contributed by atoms with Gasteiger partial charge in [-0.2, -0.15) is 10.4 Å². The van der Waals surface area contributed by atoms with Gasteiger partial charge in [-0.05, 0) is 36.4 Å². The second-order valence-electron chi connectivity index (χ2n) is 4.08. The molecule has 3 rings (SSSR count). The second kappa shape index (κ2) is 4.63. The molecule has 92 valence electrons. The monoisotopic (exact) mass is 268 g/mol. The number of H-pyrrole nitrogens is 1. The maximum absolute atomic E-state index is 8.93. The number of fused-ring (bicyclic) bond motifs is 1. The van der Waals surface area contributed by atoms with Crippen LogP contribution in [-0.2, 0) is 0 Å². The number of hydrogen-bond acceptors (Lipinski definition) is 3. The number of nitriles is 1. The van der Waals surface area contributed by atoms with Crippen LogP contribution in [0.25, 0.3) is 10.9 Å². The number of halogens is 1. The molecule has 0 aliphatic carbocycles. The molecule has 1 heterocycles. The Hall–Kier alpha value is -2.51. The molecule has 0 unspecified atom stereocenters. The zero-order chi connectivity index (χ0) is 13.2. The van der Waals surface area contributed by atoms with Gasteiger partial charge in [0.2, 0.25) is 0 Å². The summed E-state index contributed by atoms with van der Waals surface area (Å²) >= 11 is 5.94. The minimum Gasteiger partial charge on any atom is -0.338 e. The molecule has 3 aromatic rings. The average molecular weight is 269 g/mol. The molecular weight excluding hydrogens is 260 g/mol. The highest BCUT2D eigenvalue weighted by molar-refractivity contribution is 6.30. The van der Waals surface area contributed by atoms with E-state index >= 15 is 0 Å². The molecule has 4 nitrogen and oxygen atoms in total. The highest BCUT2D eigenvalue weighted by Crippen LogP contribution is 2.25. The lowest BCUT2D eigenvalue weighted by Gasteiger charge is -2.03. The normalized spacial score (nSPS) is 10.3. The second-order valence-corrected chi connectivity index (χ2v) is 4.52. The van der Waals surface area contributed by atoms with Gasteiger partial charge in [-0.1, -0.05) is 17.7 Å². The van der Waals surface area contributed by atoms with Crippen molar-refractivity contribution in [2.45, 2.75) is 0 Å². The third-order valence-corrected chi connectivity index (χ3v) is 3.01. The third kappa shape index (κ3) is 2.24. The van der Waals surface area contributed by atoms with Crippen LogP contribution in [0.3, 0.4) is 0 Å². The van der Waals surface area contributed by atoms with Gasteiger partial charge in [0.1, 0.15) is 0 Å². The topological polar surface area (TPSA) is 64.5 Å². The first-order valence-corrected chi connectivity index (χ1v) is 6.05. The van der Waals surface area contributed by atoms with Gasteiger partial charge in [0.05, 0.1) is 17.1 Å². The summed E-state index contributed by atoms with van der Waals surface area (Å²) in [6.07, 6.45) is 0. The number of nitrogens with one attached hydrogen (secondary N) is 2. The molecule has 0 saturated heterocycles. The Kier molecular flexibility index (Phi) is 2.82. The SMILES string of the molecule is N#Cc1ccc2[nH]nc(Nc3cccc(Cl)c3)c2c1. The number of benzene rings is 2. The van der Waals surface area contributed by atoms with Crippen molar-refractivity contribution in [3.05, 3.63) is 53.1 Å². The third-order valence-electron chi connectivity index (χ3n) is 2.78. The molecule has 19 heavy (non-hydrogen) atoms. The summed E-state index contributed by atoms with van der Waals surface area (Å²) in [6.45, 7) is 0. The number of hydrogen-bond donors (Lipinski definition) is 2. The number of nitrogens with zero attached hydrogens (tertiary/aromatic N) is 2. The predicted octanol–water partition coefficient (Wildman–Crippen LogP) is 3.83. The van der Waals surface area contributed by atoms with E-state index < -0.39 is 0 Å². The maximum Gasteiger partial charge on any atom is 0.160 e. The minimum absolute atomic E-state index is 0.600. The van der Waals surface area contributed by atoms with Crippen LogP contribution in [0.2, 0.25) is 5.02 Å². The van der Waals surface area contributed by atoms with Crippen LogP contribution in [0.5, 0.6) is 0 Å². The van der Waals surface area contributed by atoms with Crippen LogP contribution in [0.15, 0.2) is 42.5 Å². The Morgan fingerprint density at radius 1 is 1.21 bits per heavy atom. The Balaban J connectivity index is 2.03. The molecule has 0 aliphatic rings. The van der Waals surface area contributed by atoms with Crippen LogP contribution in [0, 0.1) is 11.3 Å². The standard InChI is InChI=1S/C14H9ClN4/c15-10-2-1-3-11(7-10)17-14-12-6-9(8-16)4-5-13(12)18-19-14/h1-7H,(H2,17,18,19). The quantitative estimate of drug-likeness (QED) is 0.742. The lowest BCUT2D eigenvalue weighted by Crippen LogP contribution is -1.90. The zero-order valence-electron chi connectivity index (χ0n) is 9.81. The first-order valence-electron chi connectivity index (χ1n) is 5.67. The fourth-order valence-electron chi connectivity index (χ4n) is 1.88. The van der Waals surface area contributed by atoms with Gasteiger partial charge < -0.3 is 5.32 Å². The van der Waals surface area contributed by atoms with Gasteiger partial charge in [-0.15, -0.1) is 0 Å². The Morgan fingerprint density at radius 2 is 2.11 bits per heavy atom. The lowest BCUT2D eigenvalue weighted by molar-refractivity contribution is 1.12. The van der Waals surface area contributed by atoms with Crippen molar-refractivity contribution in [2.75, 3.05) is 5.32 Å². The Bertz CT molecular complexity index is 785. The van der Waals surface area contributed by atoms with Crippen molar-refractivity contribution in [2.24, 2.45) is 0 Å². The zero-order valence-corrected chi connectivity index (χ0v) is 10.6. The van der Waals surface area contributed by atoms with Gasteiger partial charge in [-0.25, -0.2) is 0 Å². The van der Waals surface area contributed by atoms with Crippen LogP contribution >= 0.6 is 11.6 Å². The number of aromatic amines is 1. The summed E-state index contributed by atoms with van der Waals surface area (Å²) < 4.78 is 0. The fraction of sp³-hybridized carbons (Fsp3) is 0. The smallest absolute Gasteiger partial charge is 0.160 e. The van der Waals surface area contributed by atoms with Crippen molar-refractivity contribution in [1.82, 2.24) is 10.2 Å². The number of anilines is 2. The average Bonchev–Trinajstić information content (AvgIpc) is 2.81. The lowest BCUT2D eigenvalue weighted by atomic mass is 10.1. The number of rotatable bonds is 2. The van der Waals surface area contributed by atoms with Crippen LogP contribution < -0.4 is 5.32 Å². The highest BCUT2D eigenvalue weighted by atomic mass is 35.5. The van der Waals surface area contributed by atoms with E-state index in [9.17, 15) is 0 Å². The minimum atomic E-state index is 0.600. The van der Waals surface area contributed by atoms with Gasteiger partial charge in [0.15, 0.2) is 5.82 Å². The van der Waals surface area contributed by atoms with E-state index in [0.717, 1.165) is 16.6 Å². The van der Waals surface area contributed by atoms with Crippen molar-refractivity contribution < 1.29 is 0 Å². The van der Waals surface area contributed by atoms with E-state index in [1.807, 2.05) is 30.3 Å². The van der Waals surface area contributed by atoms with Crippen molar-refractivity contribution in [1.29, 1.82) is 5.26 Å². The first-order chi connectivity index (χ1) is 9.26. The van der Waals surface area contributed by atoms with E-state index in [4.69, 9.17) is 16.9 Å². The van der Waals surface area contributed by atoms with Crippen LogP contribution in [0.4, 0.5) is 11.5 Å². The van der Waals surface area contributed by atoms with Crippen LogP contribution in [0.1, 0.15) is 5.56 Å². The predicted molar refractivity (Wildman–Crippen MR) is 75.5 cm³/mol. The molecule has 0 aliphatic heterocycles. The Labute approximate surface area is 114 Å². The van der Waals surface area contributed by atoms with Crippen molar-refractivity contribution >= 4 is 34.0 Å². The summed E-state index contributed by atoms with van der Waals surface area (Å²) in [5, 5.41) is 20.8. The molecule has 0 fully saturated rings. The van der Waals surface area contributed by atoms with Gasteiger partial charge >= 0.3 is 0 Å². The molecule has 0 radical (unpaired) electrons. The molecule has 1 aromatic heterocycles. The highest BCUT2D eigenvalue weighted by Gasteiger charge is 2.06. The summed E-state index contributed by atoms with van der Waals surface area (Å²) in [7, 11) is 0. The van der Waals surface area contributed by atoms with Crippen molar-refractivity contribution in [3.63, 3.8) is 0 Å². The summed E-state index contributed by atoms with van der Waals surface area (Å²) in [5.41, 5.74) is 2.33. The maximum atomic E-state index is 8.93. The van der Waals surface area contributed by atoms with Gasteiger partial charge in [-0.3, -0.25) is 5.10 Å². The summed E-state index contributed by atoms with van der Waals surface area (Å²) in [6, 6.07) is 14.9. The van der Waals surface area contributed by atoms with Crippen LogP contribution in [-0.4, -0.2) is 10.2 Å². The molecule has 0 amide bonds. The van der Waals surface area contributed by atoms with E-state index in [-0.39, 0.29) is 0 Å². The molecule has 2 N–H and O–H groups in total. The fourth-order valence-corrected chi connectivity index (χ4v) is 2.07. The van der Waals surface area contributed by atoms with E-state index in [1.54, 1.807) is 12.1 Å². The van der Waals surface area contributed by atoms with E-state index in [0.29, 0.717) is 16.4 Å². The molecule has 0 bridgehead atoms. The number of aromatic nitrogens is 2. The first kappa shape index (κ1) is 11.6. The Morgan fingerprint density at radius 3 is 2.89 bits per heavy atom. The molecule has 0 spiro atoms. The molecule has 0 saturated carbocycles. The van der Waals surface area contributed by atoms with Crippen molar-refractivity contribution in [3.8, 4) is 6.07 Å². The van der Waals surface area contributed by atoms with E-state index in [1.165, 1.54) is 0 Å². The van der Waals surface area contributed by atoms with Gasteiger partial charge in [0, 0.05) is 16.1 Å². The molecule has 0 atom stereocenters. The largest absolute Gasteiger partial charge is 0.338 e. The molecule has 2 aromatic carbocycles. The van der Waals surface area contributed by atoms with E-state index in [2.05, 4.69) is 21.6 Å². The summed E-state index contributed by atoms with van der Waals surface area (Å²) in [4.78, 5) is 0. The molecule has 5 heteroatoms.